The molecule has 1 aliphatic heterocycles. The predicted molar refractivity (Wildman–Crippen MR) is 121 cm³/mol. The van der Waals surface area contributed by atoms with E-state index in [2.05, 4.69) is 32.6 Å². The van der Waals surface area contributed by atoms with E-state index in [4.69, 9.17) is 4.74 Å². The van der Waals surface area contributed by atoms with Crippen molar-refractivity contribution in [1.29, 1.82) is 5.26 Å². The number of benzene rings is 2. The molecule has 30 heavy (non-hydrogen) atoms. The maximum Gasteiger partial charge on any atom is 0.234 e. The minimum absolute atomic E-state index is 0.0750. The van der Waals surface area contributed by atoms with Crippen LogP contribution in [0.15, 0.2) is 57.5 Å². The van der Waals surface area contributed by atoms with Crippen LogP contribution in [0.4, 0.5) is 5.69 Å². The molecule has 0 aromatic heterocycles. The Morgan fingerprint density at radius 2 is 2.07 bits per heavy atom. The zero-order chi connectivity index (χ0) is 21.7. The summed E-state index contributed by atoms with van der Waals surface area (Å²) in [6.45, 7) is 1.91. The van der Waals surface area contributed by atoms with Crippen molar-refractivity contribution in [3.05, 3.63) is 68.7 Å². The summed E-state index contributed by atoms with van der Waals surface area (Å²) in [6.07, 6.45) is 0.184. The molecule has 0 spiro atoms. The van der Waals surface area contributed by atoms with Gasteiger partial charge >= 0.3 is 0 Å². The highest BCUT2D eigenvalue weighted by Crippen LogP contribution is 2.36. The molecule has 2 aromatic carbocycles. The van der Waals surface area contributed by atoms with Crippen molar-refractivity contribution in [2.24, 2.45) is 0 Å². The largest absolute Gasteiger partial charge is 0.497 e. The van der Waals surface area contributed by atoms with Crippen LogP contribution in [0.2, 0.25) is 0 Å². The van der Waals surface area contributed by atoms with E-state index in [0.29, 0.717) is 16.4 Å². The second-order valence-electron chi connectivity index (χ2n) is 6.73. The molecule has 0 bridgehead atoms. The molecule has 154 valence electrons. The number of rotatable bonds is 6. The van der Waals surface area contributed by atoms with Gasteiger partial charge in [-0.25, -0.2) is 0 Å². The van der Waals surface area contributed by atoms with Crippen LogP contribution in [-0.2, 0) is 9.59 Å². The van der Waals surface area contributed by atoms with E-state index in [1.54, 1.807) is 19.2 Å². The zero-order valence-electron chi connectivity index (χ0n) is 16.5. The quantitative estimate of drug-likeness (QED) is 0.629. The Balaban J connectivity index is 1.75. The first-order valence-electron chi connectivity index (χ1n) is 9.18. The number of nitrogens with zero attached hydrogens (tertiary/aromatic N) is 1. The molecule has 6 nitrogen and oxygen atoms in total. The van der Waals surface area contributed by atoms with Gasteiger partial charge in [0.25, 0.3) is 0 Å². The first-order chi connectivity index (χ1) is 14.4. The maximum atomic E-state index is 12.4. The molecule has 0 unspecified atom stereocenters. The van der Waals surface area contributed by atoms with Crippen LogP contribution >= 0.6 is 27.7 Å². The van der Waals surface area contributed by atoms with Crippen LogP contribution in [-0.4, -0.2) is 24.7 Å². The number of amides is 2. The Morgan fingerprint density at radius 3 is 2.70 bits per heavy atom. The summed E-state index contributed by atoms with van der Waals surface area (Å²) < 4.78 is 6.11. The summed E-state index contributed by atoms with van der Waals surface area (Å²) in [5.74, 6) is 0.0356. The molecular formula is C22H20BrN3O3S. The Labute approximate surface area is 187 Å². The fourth-order valence-corrected chi connectivity index (χ4v) is 4.50. The second-order valence-corrected chi connectivity index (χ2v) is 8.63. The fourth-order valence-electron chi connectivity index (χ4n) is 3.15. The monoisotopic (exact) mass is 485 g/mol. The lowest BCUT2D eigenvalue weighted by atomic mass is 9.87. The molecule has 3 rings (SSSR count). The number of halogens is 1. The van der Waals surface area contributed by atoms with Crippen molar-refractivity contribution < 1.29 is 14.3 Å². The van der Waals surface area contributed by atoms with Crippen molar-refractivity contribution in [3.63, 3.8) is 0 Å². The fraction of sp³-hybridized carbons (Fsp3) is 0.227. The van der Waals surface area contributed by atoms with E-state index in [1.165, 1.54) is 0 Å². The van der Waals surface area contributed by atoms with Gasteiger partial charge in [-0.2, -0.15) is 5.26 Å². The van der Waals surface area contributed by atoms with E-state index in [1.807, 2.05) is 37.3 Å². The van der Waals surface area contributed by atoms with E-state index in [-0.39, 0.29) is 29.9 Å². The molecule has 2 aromatic rings. The van der Waals surface area contributed by atoms with Crippen molar-refractivity contribution in [2.45, 2.75) is 19.3 Å². The van der Waals surface area contributed by atoms with E-state index in [0.717, 1.165) is 33.0 Å². The third-order valence-electron chi connectivity index (χ3n) is 4.68. The van der Waals surface area contributed by atoms with Gasteiger partial charge in [-0.3, -0.25) is 9.59 Å². The van der Waals surface area contributed by atoms with E-state index >= 15 is 0 Å². The number of hydrogen-bond acceptors (Lipinski definition) is 5. The number of ether oxygens (including phenoxy) is 1. The number of nitrogens with one attached hydrogen (secondary N) is 2. The van der Waals surface area contributed by atoms with Crippen LogP contribution in [0.3, 0.4) is 0 Å². The highest BCUT2D eigenvalue weighted by molar-refractivity contribution is 9.10. The molecule has 0 radical (unpaired) electrons. The molecule has 1 atom stereocenters. The van der Waals surface area contributed by atoms with Crippen LogP contribution < -0.4 is 15.4 Å². The normalized spacial score (nSPS) is 15.9. The molecule has 2 N–H and O–H groups in total. The standard InChI is InChI=1S/C22H20BrN3O3S/c1-13-9-15(23)5-8-19(13)25-21(28)12-30-22-18(11-24)17(10-20(27)26-22)14-3-6-16(29-2)7-4-14/h3-9,17H,10,12H2,1-2H3,(H,25,28)(H,26,27)/t17-/m1/s1. The van der Waals surface area contributed by atoms with Gasteiger partial charge in [0.05, 0.1) is 29.5 Å². The lowest BCUT2D eigenvalue weighted by Gasteiger charge is -2.25. The molecular weight excluding hydrogens is 466 g/mol. The second kappa shape index (κ2) is 9.83. The van der Waals surface area contributed by atoms with Gasteiger partial charge < -0.3 is 15.4 Å². The topological polar surface area (TPSA) is 91.2 Å². The first-order valence-corrected chi connectivity index (χ1v) is 11.0. The minimum Gasteiger partial charge on any atom is -0.497 e. The molecule has 8 heteroatoms. The van der Waals surface area contributed by atoms with Crippen molar-refractivity contribution in [2.75, 3.05) is 18.2 Å². The van der Waals surface area contributed by atoms with Crippen molar-refractivity contribution in [3.8, 4) is 11.8 Å². The van der Waals surface area contributed by atoms with Crippen LogP contribution in [0.5, 0.6) is 5.75 Å². The third kappa shape index (κ3) is 5.23. The number of allylic oxidation sites excluding steroid dienone is 1. The number of aryl methyl sites for hydroxylation is 1. The molecule has 0 saturated heterocycles. The third-order valence-corrected chi connectivity index (χ3v) is 6.19. The lowest BCUT2D eigenvalue weighted by molar-refractivity contribution is -0.121. The lowest BCUT2D eigenvalue weighted by Crippen LogP contribution is -2.31. The van der Waals surface area contributed by atoms with Gasteiger partial charge in [0.2, 0.25) is 11.8 Å². The maximum absolute atomic E-state index is 12.4. The molecule has 2 amide bonds. The first kappa shape index (κ1) is 21.9. The number of methoxy groups -OCH3 is 1. The molecule has 0 fully saturated rings. The summed E-state index contributed by atoms with van der Waals surface area (Å²) in [4.78, 5) is 24.7. The van der Waals surface area contributed by atoms with Gasteiger partial charge in [0.1, 0.15) is 5.75 Å². The number of carbonyl (C=O) groups excluding carboxylic acids is 2. The summed E-state index contributed by atoms with van der Waals surface area (Å²) >= 11 is 4.55. The SMILES string of the molecule is COc1ccc([C@H]2CC(=O)NC(SCC(=O)Nc3ccc(Br)cc3C)=C2C#N)cc1. The zero-order valence-corrected chi connectivity index (χ0v) is 18.9. The Morgan fingerprint density at radius 1 is 1.33 bits per heavy atom. The van der Waals surface area contributed by atoms with Gasteiger partial charge in [-0.15, -0.1) is 0 Å². The van der Waals surface area contributed by atoms with Crippen LogP contribution in [0.1, 0.15) is 23.5 Å². The van der Waals surface area contributed by atoms with Gasteiger partial charge in [0.15, 0.2) is 0 Å². The average Bonchev–Trinajstić information content (AvgIpc) is 2.74. The van der Waals surface area contributed by atoms with Crippen LogP contribution in [0.25, 0.3) is 0 Å². The van der Waals surface area contributed by atoms with Crippen LogP contribution in [0, 0.1) is 18.3 Å². The number of carbonyl (C=O) groups is 2. The minimum atomic E-state index is -0.353. The number of anilines is 1. The van der Waals surface area contributed by atoms with E-state index < -0.39 is 0 Å². The highest BCUT2D eigenvalue weighted by Gasteiger charge is 2.29. The van der Waals surface area contributed by atoms with Gasteiger partial charge in [-0.1, -0.05) is 39.8 Å². The molecule has 0 aliphatic carbocycles. The number of thioether (sulfide) groups is 1. The smallest absolute Gasteiger partial charge is 0.234 e. The Bertz CT molecular complexity index is 1040. The predicted octanol–water partition coefficient (Wildman–Crippen LogP) is 4.48. The molecule has 0 saturated carbocycles. The highest BCUT2D eigenvalue weighted by atomic mass is 79.9. The van der Waals surface area contributed by atoms with Crippen molar-refractivity contribution >= 4 is 45.2 Å². The average molecular weight is 486 g/mol. The van der Waals surface area contributed by atoms with Gasteiger partial charge in [0, 0.05) is 22.5 Å². The Kier molecular flexibility index (Phi) is 7.19. The molecule has 1 aliphatic rings. The Hall–Kier alpha value is -2.76. The van der Waals surface area contributed by atoms with E-state index in [9.17, 15) is 14.9 Å². The number of hydrogen-bond donors (Lipinski definition) is 2. The summed E-state index contributed by atoms with van der Waals surface area (Å²) in [7, 11) is 1.58. The summed E-state index contributed by atoms with van der Waals surface area (Å²) in [5.41, 5.74) is 2.97. The van der Waals surface area contributed by atoms with Crippen molar-refractivity contribution in [1.82, 2.24) is 5.32 Å². The summed E-state index contributed by atoms with van der Waals surface area (Å²) in [5, 5.41) is 15.8. The number of nitriles is 1. The molecule has 1 heterocycles. The van der Waals surface area contributed by atoms with Gasteiger partial charge in [-0.05, 0) is 48.4 Å². The summed E-state index contributed by atoms with van der Waals surface area (Å²) in [6, 6.07) is 15.1.